The molecule has 0 fully saturated rings. The summed E-state index contributed by atoms with van der Waals surface area (Å²) in [7, 11) is 0. The number of nitrogens with one attached hydrogen (secondary N) is 3. The van der Waals surface area contributed by atoms with Crippen molar-refractivity contribution in [1.82, 2.24) is 16.0 Å². The van der Waals surface area contributed by atoms with Crippen LogP contribution in [0.1, 0.15) is 89.9 Å². The van der Waals surface area contributed by atoms with Gasteiger partial charge < -0.3 is 44.8 Å². The van der Waals surface area contributed by atoms with Crippen molar-refractivity contribution < 1.29 is 43.2 Å². The number of hydrogen-bond donors (Lipinski definition) is 4. The van der Waals surface area contributed by atoms with Gasteiger partial charge in [0.2, 0.25) is 17.7 Å². The number of hydrogen-bond acceptors (Lipinski definition) is 9. The predicted octanol–water partition coefficient (Wildman–Crippen LogP) is 2.06. The monoisotopic (exact) mass is 651 g/mol. The Hall–Kier alpha value is -3.00. The van der Waals surface area contributed by atoms with Crippen LogP contribution in [0.15, 0.2) is 0 Å². The molecule has 4 N–H and O–H groups in total. The van der Waals surface area contributed by atoms with E-state index >= 15 is 0 Å². The number of carbonyl (C=O) groups excluding carboxylic acids is 4. The minimum atomic E-state index is -0.757. The number of unbranched alkanes of at least 4 members (excludes halogenated alkanes) is 4. The molecule has 12 heteroatoms. The Morgan fingerprint density at radius 3 is 1.91 bits per heavy atom. The van der Waals surface area contributed by atoms with Crippen molar-refractivity contribution in [2.45, 2.75) is 95.4 Å². The van der Waals surface area contributed by atoms with E-state index in [-0.39, 0.29) is 63.2 Å². The van der Waals surface area contributed by atoms with Crippen LogP contribution in [0.25, 0.3) is 0 Å². The molecule has 0 aromatic carbocycles. The molecule has 0 heterocycles. The number of terminal acetylenes is 2. The van der Waals surface area contributed by atoms with Crippen LogP contribution >= 0.6 is 0 Å². The lowest BCUT2D eigenvalue weighted by molar-refractivity contribution is -0.126. The van der Waals surface area contributed by atoms with Crippen LogP contribution in [0.3, 0.4) is 0 Å². The summed E-state index contributed by atoms with van der Waals surface area (Å²) >= 11 is 0. The summed E-state index contributed by atoms with van der Waals surface area (Å²) in [6, 6.07) is 0. The van der Waals surface area contributed by atoms with Gasteiger partial charge in [0.1, 0.15) is 19.5 Å². The highest BCUT2D eigenvalue weighted by Gasteiger charge is 2.31. The number of carbonyl (C=O) groups is 4. The highest BCUT2D eigenvalue weighted by Crippen LogP contribution is 2.27. The smallest absolute Gasteiger partial charge is 0.220 e. The maximum absolute atomic E-state index is 13.1. The third kappa shape index (κ3) is 27.3. The van der Waals surface area contributed by atoms with Crippen molar-refractivity contribution in [2.24, 2.45) is 0 Å². The van der Waals surface area contributed by atoms with Crippen molar-refractivity contribution in [3.8, 4) is 24.7 Å². The van der Waals surface area contributed by atoms with E-state index in [9.17, 15) is 19.2 Å². The molecule has 1 unspecified atom stereocenters. The Labute approximate surface area is 275 Å². The second kappa shape index (κ2) is 32.0. The first kappa shape index (κ1) is 43.0. The molecule has 0 saturated heterocycles. The molecule has 262 valence electrons. The molecular weight excluding hydrogens is 594 g/mol. The molecule has 12 nitrogen and oxygen atoms in total. The summed E-state index contributed by atoms with van der Waals surface area (Å²) in [5, 5.41) is 17.7. The largest absolute Gasteiger partial charge is 0.396 e. The van der Waals surface area contributed by atoms with Crippen LogP contribution < -0.4 is 16.0 Å². The Morgan fingerprint density at radius 1 is 0.630 bits per heavy atom. The number of amides is 3. The first-order valence-corrected chi connectivity index (χ1v) is 16.5. The topological polar surface area (TPSA) is 162 Å². The lowest BCUT2D eigenvalue weighted by atomic mass is 9.83. The number of ether oxygens (including phenoxy) is 4. The molecule has 0 aliphatic rings. The number of aldehydes is 1. The summed E-state index contributed by atoms with van der Waals surface area (Å²) in [5.74, 6) is 4.27. The number of aliphatic hydroxyl groups is 1. The number of rotatable bonds is 33. The van der Waals surface area contributed by atoms with Crippen LogP contribution in [0.5, 0.6) is 0 Å². The average molecular weight is 652 g/mol. The molecule has 0 spiro atoms. The highest BCUT2D eigenvalue weighted by molar-refractivity contribution is 5.79. The lowest BCUT2D eigenvalue weighted by Gasteiger charge is -2.35. The molecule has 0 aromatic heterocycles. The standard InChI is InChI=1S/C34H57N3O9/c1-3-23-43-27-29-45-25-10-7-16-34(17-12-22-39,18-15-32(41)36-20-26-46-30-28-44-24-4-2)37-33(42)14-11-13-31(40)35-19-8-5-6-9-21-38/h1-2,22,38H,5-21,23-30H2,(H,35,40)(H,36,41)(H,37,42). The maximum atomic E-state index is 13.1. The van der Waals surface area contributed by atoms with Crippen molar-refractivity contribution in [3.05, 3.63) is 0 Å². The Kier molecular flexibility index (Phi) is 29.9. The molecule has 3 amide bonds. The molecule has 0 bridgehead atoms. The normalized spacial score (nSPS) is 12.0. The quantitative estimate of drug-likeness (QED) is 0.0473. The van der Waals surface area contributed by atoms with Gasteiger partial charge in [-0.3, -0.25) is 14.4 Å². The Balaban J connectivity index is 4.92. The van der Waals surface area contributed by atoms with Gasteiger partial charge in [-0.05, 0) is 51.4 Å². The van der Waals surface area contributed by atoms with E-state index in [0.717, 1.165) is 38.4 Å². The van der Waals surface area contributed by atoms with Gasteiger partial charge in [-0.1, -0.05) is 24.7 Å². The van der Waals surface area contributed by atoms with Gasteiger partial charge in [-0.15, -0.1) is 12.8 Å². The fraction of sp³-hybridized carbons (Fsp3) is 0.765. The molecule has 0 aliphatic carbocycles. The van der Waals surface area contributed by atoms with E-state index in [0.29, 0.717) is 84.8 Å². The zero-order valence-corrected chi connectivity index (χ0v) is 27.6. The molecular formula is C34H57N3O9. The molecule has 1 atom stereocenters. The summed E-state index contributed by atoms with van der Waals surface area (Å²) in [5.41, 5.74) is -0.757. The molecule has 0 saturated carbocycles. The second-order valence-electron chi connectivity index (χ2n) is 10.9. The van der Waals surface area contributed by atoms with E-state index in [2.05, 4.69) is 27.8 Å². The summed E-state index contributed by atoms with van der Waals surface area (Å²) in [6.07, 6.45) is 18.5. The predicted molar refractivity (Wildman–Crippen MR) is 176 cm³/mol. The summed E-state index contributed by atoms with van der Waals surface area (Å²) in [6.45, 7) is 3.94. The molecule has 0 radical (unpaired) electrons. The fourth-order valence-corrected chi connectivity index (χ4v) is 4.65. The van der Waals surface area contributed by atoms with Crippen LogP contribution in [-0.2, 0) is 38.1 Å². The maximum Gasteiger partial charge on any atom is 0.220 e. The SMILES string of the molecule is C#CCOCCOCCCCC(CCC=O)(CCC(=O)NCCOCCOCC#C)NC(=O)CCCC(=O)NCCCCCCO. The first-order chi connectivity index (χ1) is 22.4. The Morgan fingerprint density at radius 2 is 1.24 bits per heavy atom. The minimum absolute atomic E-state index is 0.104. The van der Waals surface area contributed by atoms with Crippen LogP contribution in [0, 0.1) is 24.7 Å². The van der Waals surface area contributed by atoms with E-state index < -0.39 is 5.54 Å². The zero-order valence-electron chi connectivity index (χ0n) is 27.6. The van der Waals surface area contributed by atoms with E-state index in [1.54, 1.807) is 0 Å². The third-order valence-electron chi connectivity index (χ3n) is 7.07. The number of aliphatic hydroxyl groups excluding tert-OH is 1. The van der Waals surface area contributed by atoms with Gasteiger partial charge in [-0.25, -0.2) is 0 Å². The van der Waals surface area contributed by atoms with Crippen LogP contribution in [0.2, 0.25) is 0 Å². The molecule has 0 aliphatic heterocycles. The molecule has 0 rings (SSSR count). The van der Waals surface area contributed by atoms with Gasteiger partial charge in [0.25, 0.3) is 0 Å². The van der Waals surface area contributed by atoms with Gasteiger partial charge in [-0.2, -0.15) is 0 Å². The average Bonchev–Trinajstić information content (AvgIpc) is 3.04. The van der Waals surface area contributed by atoms with Crippen molar-refractivity contribution >= 4 is 24.0 Å². The summed E-state index contributed by atoms with van der Waals surface area (Å²) < 4.78 is 21.4. The van der Waals surface area contributed by atoms with Crippen molar-refractivity contribution in [3.63, 3.8) is 0 Å². The lowest BCUT2D eigenvalue weighted by Crippen LogP contribution is -2.49. The first-order valence-electron chi connectivity index (χ1n) is 16.5. The van der Waals surface area contributed by atoms with Gasteiger partial charge in [0, 0.05) is 57.5 Å². The van der Waals surface area contributed by atoms with Crippen LogP contribution in [-0.4, -0.2) is 107 Å². The van der Waals surface area contributed by atoms with Crippen molar-refractivity contribution in [1.29, 1.82) is 0 Å². The zero-order chi connectivity index (χ0) is 34.0. The van der Waals surface area contributed by atoms with Gasteiger partial charge in [0.05, 0.1) is 33.0 Å². The van der Waals surface area contributed by atoms with E-state index in [1.165, 1.54) is 0 Å². The van der Waals surface area contributed by atoms with E-state index in [4.69, 9.17) is 36.9 Å². The van der Waals surface area contributed by atoms with E-state index in [1.807, 2.05) is 0 Å². The minimum Gasteiger partial charge on any atom is -0.396 e. The van der Waals surface area contributed by atoms with Crippen LogP contribution in [0.4, 0.5) is 0 Å². The van der Waals surface area contributed by atoms with Crippen molar-refractivity contribution in [2.75, 3.05) is 72.6 Å². The van der Waals surface area contributed by atoms with Gasteiger partial charge >= 0.3 is 0 Å². The highest BCUT2D eigenvalue weighted by atomic mass is 16.5. The molecule has 46 heavy (non-hydrogen) atoms. The second-order valence-corrected chi connectivity index (χ2v) is 10.9. The Bertz CT molecular complexity index is 888. The fourth-order valence-electron chi connectivity index (χ4n) is 4.65. The molecule has 0 aromatic rings. The third-order valence-corrected chi connectivity index (χ3v) is 7.07. The van der Waals surface area contributed by atoms with Gasteiger partial charge in [0.15, 0.2) is 0 Å². The summed E-state index contributed by atoms with van der Waals surface area (Å²) in [4.78, 5) is 49.3.